The molecule has 0 spiro atoms. The molecule has 0 saturated carbocycles. The van der Waals surface area contributed by atoms with Crippen LogP contribution in [0.15, 0.2) is 30.3 Å². The lowest BCUT2D eigenvalue weighted by Crippen LogP contribution is -2.24. The molecule has 0 aliphatic heterocycles. The molecule has 2 aromatic rings. The molecule has 0 aliphatic rings. The minimum Gasteiger partial charge on any atom is -0.497 e. The molecule has 1 unspecified atom stereocenters. The minimum absolute atomic E-state index is 0.112. The Kier molecular flexibility index (Phi) is 6.05. The van der Waals surface area contributed by atoms with Crippen LogP contribution in [-0.4, -0.2) is 25.9 Å². The first kappa shape index (κ1) is 18.1. The van der Waals surface area contributed by atoms with Gasteiger partial charge in [-0.3, -0.25) is 0 Å². The van der Waals surface area contributed by atoms with Gasteiger partial charge in [-0.15, -0.1) is 0 Å². The van der Waals surface area contributed by atoms with Crippen molar-refractivity contribution < 1.29 is 27.8 Å². The van der Waals surface area contributed by atoms with Gasteiger partial charge in [0, 0.05) is 18.2 Å². The molecule has 0 aromatic heterocycles. The second-order valence-corrected chi connectivity index (χ2v) is 5.09. The van der Waals surface area contributed by atoms with E-state index in [9.17, 15) is 18.3 Å². The van der Waals surface area contributed by atoms with Crippen LogP contribution in [0.3, 0.4) is 0 Å². The van der Waals surface area contributed by atoms with Crippen LogP contribution >= 0.6 is 0 Å². The summed E-state index contributed by atoms with van der Waals surface area (Å²) in [6.07, 6.45) is 0. The third kappa shape index (κ3) is 3.98. The maximum Gasteiger partial charge on any atom is 0.194 e. The quantitative estimate of drug-likeness (QED) is 0.761. The Bertz CT molecular complexity index is 686. The van der Waals surface area contributed by atoms with E-state index in [1.807, 2.05) is 0 Å². The second kappa shape index (κ2) is 8.03. The van der Waals surface area contributed by atoms with Crippen LogP contribution in [0, 0.1) is 17.5 Å². The van der Waals surface area contributed by atoms with E-state index in [1.165, 1.54) is 14.2 Å². The normalized spacial score (nSPS) is 12.1. The van der Waals surface area contributed by atoms with Crippen molar-refractivity contribution in [3.63, 3.8) is 0 Å². The van der Waals surface area contributed by atoms with E-state index in [-0.39, 0.29) is 12.1 Å². The molecule has 7 heteroatoms. The highest BCUT2D eigenvalue weighted by molar-refractivity contribution is 5.40. The number of ether oxygens (including phenoxy) is 2. The summed E-state index contributed by atoms with van der Waals surface area (Å²) in [5.74, 6) is -2.95. The van der Waals surface area contributed by atoms with Crippen LogP contribution in [0.5, 0.6) is 11.5 Å². The number of aliphatic hydroxyl groups is 1. The van der Waals surface area contributed by atoms with Crippen molar-refractivity contribution in [2.24, 2.45) is 0 Å². The van der Waals surface area contributed by atoms with Gasteiger partial charge in [-0.25, -0.2) is 13.2 Å². The largest absolute Gasteiger partial charge is 0.497 e. The second-order valence-electron chi connectivity index (χ2n) is 5.09. The SMILES string of the molecule is COc1ccc(CNC(CO)c2cc(F)c(F)c(F)c2)c(OC)c1. The Balaban J connectivity index is 2.17. The lowest BCUT2D eigenvalue weighted by Gasteiger charge is -2.18. The molecule has 0 amide bonds. The molecular formula is C17H18F3NO3. The van der Waals surface area contributed by atoms with Crippen LogP contribution in [-0.2, 0) is 6.54 Å². The first-order valence-electron chi connectivity index (χ1n) is 7.19. The first-order valence-corrected chi connectivity index (χ1v) is 7.19. The van der Waals surface area contributed by atoms with Crippen LogP contribution in [0.4, 0.5) is 13.2 Å². The lowest BCUT2D eigenvalue weighted by molar-refractivity contribution is 0.242. The average Bonchev–Trinajstić information content (AvgIpc) is 2.60. The molecule has 24 heavy (non-hydrogen) atoms. The third-order valence-corrected chi connectivity index (χ3v) is 3.62. The van der Waals surface area contributed by atoms with Crippen LogP contribution in [0.25, 0.3) is 0 Å². The number of aliphatic hydroxyl groups excluding tert-OH is 1. The van der Waals surface area contributed by atoms with Crippen LogP contribution < -0.4 is 14.8 Å². The summed E-state index contributed by atoms with van der Waals surface area (Å²) >= 11 is 0. The van der Waals surface area contributed by atoms with Crippen molar-refractivity contribution in [3.8, 4) is 11.5 Å². The van der Waals surface area contributed by atoms with Crippen molar-refractivity contribution in [2.45, 2.75) is 12.6 Å². The van der Waals surface area contributed by atoms with E-state index < -0.39 is 30.1 Å². The molecule has 4 nitrogen and oxygen atoms in total. The summed E-state index contributed by atoms with van der Waals surface area (Å²) in [7, 11) is 3.04. The maximum atomic E-state index is 13.3. The molecule has 0 saturated heterocycles. The molecule has 2 aromatic carbocycles. The highest BCUT2D eigenvalue weighted by Crippen LogP contribution is 2.26. The average molecular weight is 341 g/mol. The van der Waals surface area contributed by atoms with Crippen molar-refractivity contribution in [1.82, 2.24) is 5.32 Å². The highest BCUT2D eigenvalue weighted by Gasteiger charge is 2.17. The summed E-state index contributed by atoms with van der Waals surface area (Å²) < 4.78 is 50.1. The summed E-state index contributed by atoms with van der Waals surface area (Å²) in [6.45, 7) is -0.151. The predicted octanol–water partition coefficient (Wildman–Crippen LogP) is 2.94. The van der Waals surface area contributed by atoms with E-state index in [4.69, 9.17) is 9.47 Å². The molecule has 0 fully saturated rings. The lowest BCUT2D eigenvalue weighted by atomic mass is 10.1. The van der Waals surface area contributed by atoms with Crippen molar-refractivity contribution in [2.75, 3.05) is 20.8 Å². The summed E-state index contributed by atoms with van der Waals surface area (Å²) in [5.41, 5.74) is 0.876. The number of methoxy groups -OCH3 is 2. The Morgan fingerprint density at radius 2 is 1.71 bits per heavy atom. The van der Waals surface area contributed by atoms with E-state index in [2.05, 4.69) is 5.32 Å². The fourth-order valence-electron chi connectivity index (χ4n) is 2.30. The maximum absolute atomic E-state index is 13.3. The molecular weight excluding hydrogens is 323 g/mol. The molecule has 0 radical (unpaired) electrons. The van der Waals surface area contributed by atoms with Gasteiger partial charge in [0.15, 0.2) is 17.5 Å². The van der Waals surface area contributed by atoms with E-state index in [0.717, 1.165) is 17.7 Å². The number of nitrogens with one attached hydrogen (secondary N) is 1. The number of halogens is 3. The topological polar surface area (TPSA) is 50.7 Å². The van der Waals surface area contributed by atoms with Gasteiger partial charge in [0.2, 0.25) is 0 Å². The molecule has 1 atom stereocenters. The summed E-state index contributed by atoms with van der Waals surface area (Å²) in [5, 5.41) is 12.4. The Morgan fingerprint density at radius 3 is 2.25 bits per heavy atom. The van der Waals surface area contributed by atoms with Gasteiger partial charge in [0.05, 0.1) is 26.9 Å². The number of hydrogen-bond donors (Lipinski definition) is 2. The zero-order valence-corrected chi connectivity index (χ0v) is 13.3. The highest BCUT2D eigenvalue weighted by atomic mass is 19.2. The fourth-order valence-corrected chi connectivity index (χ4v) is 2.30. The third-order valence-electron chi connectivity index (χ3n) is 3.62. The Hall–Kier alpha value is -2.25. The van der Waals surface area contributed by atoms with Gasteiger partial charge in [-0.1, -0.05) is 6.07 Å². The van der Waals surface area contributed by atoms with Gasteiger partial charge < -0.3 is 19.9 Å². The van der Waals surface area contributed by atoms with Gasteiger partial charge in [0.1, 0.15) is 11.5 Å². The monoisotopic (exact) mass is 341 g/mol. The molecule has 2 rings (SSSR count). The number of benzene rings is 2. The van der Waals surface area contributed by atoms with Crippen LogP contribution in [0.1, 0.15) is 17.2 Å². The van der Waals surface area contributed by atoms with E-state index >= 15 is 0 Å². The zero-order chi connectivity index (χ0) is 17.7. The van der Waals surface area contributed by atoms with Gasteiger partial charge in [-0.05, 0) is 23.8 Å². The number of rotatable bonds is 7. The molecule has 0 heterocycles. The fraction of sp³-hybridized carbons (Fsp3) is 0.294. The number of hydrogen-bond acceptors (Lipinski definition) is 4. The van der Waals surface area contributed by atoms with Gasteiger partial charge in [-0.2, -0.15) is 0 Å². The molecule has 0 bridgehead atoms. The molecule has 130 valence electrons. The zero-order valence-electron chi connectivity index (χ0n) is 13.3. The van der Waals surface area contributed by atoms with Gasteiger partial charge >= 0.3 is 0 Å². The predicted molar refractivity (Wildman–Crippen MR) is 82.5 cm³/mol. The summed E-state index contributed by atoms with van der Waals surface area (Å²) in [6, 6.07) is 6.16. The Labute approximate surface area is 137 Å². The van der Waals surface area contributed by atoms with Gasteiger partial charge in [0.25, 0.3) is 0 Å². The van der Waals surface area contributed by atoms with Crippen LogP contribution in [0.2, 0.25) is 0 Å². The van der Waals surface area contributed by atoms with E-state index in [0.29, 0.717) is 11.5 Å². The van der Waals surface area contributed by atoms with Crippen molar-refractivity contribution in [3.05, 3.63) is 58.9 Å². The van der Waals surface area contributed by atoms with Crippen molar-refractivity contribution >= 4 is 0 Å². The smallest absolute Gasteiger partial charge is 0.194 e. The molecule has 2 N–H and O–H groups in total. The first-order chi connectivity index (χ1) is 11.5. The minimum atomic E-state index is -1.53. The standard InChI is InChI=1S/C17H18F3NO3/c1-23-12-4-3-10(16(7-12)24-2)8-21-15(9-22)11-5-13(18)17(20)14(19)6-11/h3-7,15,21-22H,8-9H2,1-2H3. The molecule has 0 aliphatic carbocycles. The Morgan fingerprint density at radius 1 is 1.04 bits per heavy atom. The van der Waals surface area contributed by atoms with Crippen molar-refractivity contribution in [1.29, 1.82) is 0 Å². The summed E-state index contributed by atoms with van der Waals surface area (Å²) in [4.78, 5) is 0. The van der Waals surface area contributed by atoms with E-state index in [1.54, 1.807) is 18.2 Å².